The molecule has 0 aromatic rings. The molecule has 0 aromatic heterocycles. The third-order valence-corrected chi connectivity index (χ3v) is 4.72. The highest BCUT2D eigenvalue weighted by Crippen LogP contribution is 2.47. The maximum absolute atomic E-state index is 12.0. The Morgan fingerprint density at radius 3 is 2.21 bits per heavy atom. The van der Waals surface area contributed by atoms with Crippen molar-refractivity contribution in [3.05, 3.63) is 0 Å². The van der Waals surface area contributed by atoms with Gasteiger partial charge in [0.15, 0.2) is 0 Å². The van der Waals surface area contributed by atoms with Gasteiger partial charge in [-0.2, -0.15) is 0 Å². The molecule has 0 radical (unpaired) electrons. The first-order valence-corrected chi connectivity index (χ1v) is 7.21. The Morgan fingerprint density at radius 2 is 1.86 bits per heavy atom. The standard InChI is InChI=1S/C10H24NO2P/c1-7-10(3,4)9-11(5)14(6,12)13-8-2/h7-9H2,1-6H3. The van der Waals surface area contributed by atoms with Gasteiger partial charge in [-0.25, -0.2) is 4.67 Å². The van der Waals surface area contributed by atoms with Crippen LogP contribution in [0.4, 0.5) is 0 Å². The molecule has 0 aliphatic rings. The van der Waals surface area contributed by atoms with Gasteiger partial charge in [-0.3, -0.25) is 4.57 Å². The third kappa shape index (κ3) is 4.59. The Kier molecular flexibility index (Phi) is 5.35. The Labute approximate surface area is 88.3 Å². The van der Waals surface area contributed by atoms with Crippen LogP contribution in [-0.4, -0.2) is 31.5 Å². The molecule has 0 N–H and O–H groups in total. The summed E-state index contributed by atoms with van der Waals surface area (Å²) in [5.74, 6) is 0. The molecule has 1 unspecified atom stereocenters. The molecule has 14 heavy (non-hydrogen) atoms. The number of hydrogen-bond acceptors (Lipinski definition) is 2. The number of hydrogen-bond donors (Lipinski definition) is 0. The summed E-state index contributed by atoms with van der Waals surface area (Å²) in [7, 11) is -0.691. The first-order valence-electron chi connectivity index (χ1n) is 5.19. The molecule has 0 rings (SSSR count). The summed E-state index contributed by atoms with van der Waals surface area (Å²) in [4.78, 5) is 0. The first kappa shape index (κ1) is 14.2. The summed E-state index contributed by atoms with van der Waals surface area (Å²) in [6, 6.07) is 0. The van der Waals surface area contributed by atoms with Crippen LogP contribution in [0.2, 0.25) is 0 Å². The quantitative estimate of drug-likeness (QED) is 0.645. The van der Waals surface area contributed by atoms with Crippen molar-refractivity contribution in [2.24, 2.45) is 5.41 Å². The average Bonchev–Trinajstić information content (AvgIpc) is 2.03. The maximum Gasteiger partial charge on any atom is 0.269 e. The lowest BCUT2D eigenvalue weighted by Crippen LogP contribution is -2.29. The van der Waals surface area contributed by atoms with Crippen LogP contribution in [0.3, 0.4) is 0 Å². The van der Waals surface area contributed by atoms with E-state index in [-0.39, 0.29) is 5.41 Å². The van der Waals surface area contributed by atoms with E-state index in [1.54, 1.807) is 6.66 Å². The Hall–Kier alpha value is 0.150. The lowest BCUT2D eigenvalue weighted by Gasteiger charge is -2.32. The van der Waals surface area contributed by atoms with E-state index in [1.165, 1.54) is 0 Å². The van der Waals surface area contributed by atoms with Gasteiger partial charge in [0, 0.05) is 13.2 Å². The smallest absolute Gasteiger partial charge is 0.269 e. The Morgan fingerprint density at radius 1 is 1.36 bits per heavy atom. The van der Waals surface area contributed by atoms with Crippen LogP contribution < -0.4 is 0 Å². The summed E-state index contributed by atoms with van der Waals surface area (Å²) in [6.45, 7) is 11.4. The minimum absolute atomic E-state index is 0.192. The highest BCUT2D eigenvalue weighted by Gasteiger charge is 2.27. The molecule has 3 nitrogen and oxygen atoms in total. The summed E-state index contributed by atoms with van der Waals surface area (Å²) in [5, 5.41) is 0. The molecular formula is C10H24NO2P. The van der Waals surface area contributed by atoms with Crippen molar-refractivity contribution in [2.45, 2.75) is 34.1 Å². The molecule has 0 aromatic carbocycles. The predicted molar refractivity (Wildman–Crippen MR) is 61.9 cm³/mol. The second kappa shape index (κ2) is 5.29. The molecule has 0 spiro atoms. The van der Waals surface area contributed by atoms with Crippen LogP contribution in [0.15, 0.2) is 0 Å². The highest BCUT2D eigenvalue weighted by molar-refractivity contribution is 7.55. The highest BCUT2D eigenvalue weighted by atomic mass is 31.2. The van der Waals surface area contributed by atoms with Crippen LogP contribution in [-0.2, 0) is 9.09 Å². The van der Waals surface area contributed by atoms with Gasteiger partial charge >= 0.3 is 0 Å². The van der Waals surface area contributed by atoms with Crippen LogP contribution in [0.1, 0.15) is 34.1 Å². The summed E-state index contributed by atoms with van der Waals surface area (Å²) in [6.07, 6.45) is 1.07. The molecule has 0 aliphatic heterocycles. The minimum atomic E-state index is -2.56. The topological polar surface area (TPSA) is 29.5 Å². The van der Waals surface area contributed by atoms with Crippen molar-refractivity contribution in [3.8, 4) is 0 Å². The summed E-state index contributed by atoms with van der Waals surface area (Å²) < 4.78 is 19.1. The molecule has 0 aliphatic carbocycles. The van der Waals surface area contributed by atoms with Gasteiger partial charge in [-0.15, -0.1) is 0 Å². The first-order chi connectivity index (χ1) is 6.25. The van der Waals surface area contributed by atoms with E-state index in [0.29, 0.717) is 6.61 Å². The van der Waals surface area contributed by atoms with Gasteiger partial charge in [-0.05, 0) is 25.8 Å². The van der Waals surface area contributed by atoms with Crippen molar-refractivity contribution in [1.82, 2.24) is 4.67 Å². The minimum Gasteiger partial charge on any atom is -0.318 e. The van der Waals surface area contributed by atoms with Crippen molar-refractivity contribution in [3.63, 3.8) is 0 Å². The van der Waals surface area contributed by atoms with E-state index in [9.17, 15) is 4.57 Å². The van der Waals surface area contributed by atoms with Crippen LogP contribution in [0, 0.1) is 5.41 Å². The average molecular weight is 221 g/mol. The molecule has 0 saturated heterocycles. The SMILES string of the molecule is CCOP(C)(=O)N(C)CC(C)(C)CC. The van der Waals surface area contributed by atoms with Gasteiger partial charge in [0.05, 0.1) is 6.61 Å². The fourth-order valence-corrected chi connectivity index (χ4v) is 2.51. The monoisotopic (exact) mass is 221 g/mol. The van der Waals surface area contributed by atoms with E-state index in [1.807, 2.05) is 18.6 Å². The van der Waals surface area contributed by atoms with E-state index < -0.39 is 7.52 Å². The fraction of sp³-hybridized carbons (Fsp3) is 1.00. The van der Waals surface area contributed by atoms with Crippen molar-refractivity contribution in [2.75, 3.05) is 26.9 Å². The molecule has 0 bridgehead atoms. The summed E-state index contributed by atoms with van der Waals surface area (Å²) >= 11 is 0. The predicted octanol–water partition coefficient (Wildman–Crippen LogP) is 3.21. The van der Waals surface area contributed by atoms with E-state index in [0.717, 1.165) is 13.0 Å². The van der Waals surface area contributed by atoms with Crippen LogP contribution in [0.5, 0.6) is 0 Å². The van der Waals surface area contributed by atoms with Gasteiger partial charge in [0.25, 0.3) is 7.52 Å². The van der Waals surface area contributed by atoms with Crippen LogP contribution in [0.25, 0.3) is 0 Å². The van der Waals surface area contributed by atoms with Crippen LogP contribution >= 0.6 is 7.52 Å². The van der Waals surface area contributed by atoms with E-state index >= 15 is 0 Å². The maximum atomic E-state index is 12.0. The fourth-order valence-electron chi connectivity index (χ4n) is 1.20. The molecular weight excluding hydrogens is 197 g/mol. The zero-order chi connectivity index (χ0) is 11.4. The number of nitrogens with zero attached hydrogens (tertiary/aromatic N) is 1. The Balaban J connectivity index is 4.33. The third-order valence-electron chi connectivity index (χ3n) is 2.60. The van der Waals surface area contributed by atoms with Crippen molar-refractivity contribution in [1.29, 1.82) is 0 Å². The zero-order valence-corrected chi connectivity index (χ0v) is 11.2. The molecule has 1 atom stereocenters. The lowest BCUT2D eigenvalue weighted by molar-refractivity contribution is 0.233. The summed E-state index contributed by atoms with van der Waals surface area (Å²) in [5.41, 5.74) is 0.192. The van der Waals surface area contributed by atoms with E-state index in [2.05, 4.69) is 20.8 Å². The lowest BCUT2D eigenvalue weighted by atomic mass is 9.90. The molecule has 0 saturated carbocycles. The second-order valence-electron chi connectivity index (χ2n) is 4.55. The zero-order valence-electron chi connectivity index (χ0n) is 10.3. The van der Waals surface area contributed by atoms with Gasteiger partial charge in [-0.1, -0.05) is 20.8 Å². The van der Waals surface area contributed by atoms with Crippen molar-refractivity contribution >= 4 is 7.52 Å². The number of rotatable bonds is 6. The normalized spacial score (nSPS) is 17.1. The molecule has 0 amide bonds. The van der Waals surface area contributed by atoms with E-state index in [4.69, 9.17) is 4.52 Å². The Bertz CT molecular complexity index is 216. The molecule has 0 heterocycles. The molecule has 0 fully saturated rings. The van der Waals surface area contributed by atoms with Gasteiger partial charge in [0.1, 0.15) is 0 Å². The largest absolute Gasteiger partial charge is 0.318 e. The van der Waals surface area contributed by atoms with Crippen molar-refractivity contribution < 1.29 is 9.09 Å². The van der Waals surface area contributed by atoms with Gasteiger partial charge in [0.2, 0.25) is 0 Å². The molecule has 86 valence electrons. The van der Waals surface area contributed by atoms with Gasteiger partial charge < -0.3 is 4.52 Å². The second-order valence-corrected chi connectivity index (χ2v) is 7.10. The molecule has 4 heteroatoms.